The highest BCUT2D eigenvalue weighted by atomic mass is 16.5. The van der Waals surface area contributed by atoms with Gasteiger partial charge in [-0.2, -0.15) is 0 Å². The third-order valence-electron chi connectivity index (χ3n) is 3.00. The van der Waals surface area contributed by atoms with Crippen LogP contribution in [0.1, 0.15) is 53.4 Å². The lowest BCUT2D eigenvalue weighted by atomic mass is 9.97. The largest absolute Gasteiger partial charge is 0.462 e. The zero-order valence-corrected chi connectivity index (χ0v) is 16.1. The molecule has 0 spiro atoms. The van der Waals surface area contributed by atoms with E-state index in [9.17, 15) is 9.59 Å². The molecule has 0 aliphatic heterocycles. The van der Waals surface area contributed by atoms with Gasteiger partial charge in [-0.3, -0.25) is 0 Å². The number of aliphatic hydroxyl groups is 2. The number of hydrogen-bond donors (Lipinski definition) is 2. The molecule has 6 heteroatoms. The Morgan fingerprint density at radius 2 is 1.36 bits per heavy atom. The minimum absolute atomic E-state index is 0.00350. The highest BCUT2D eigenvalue weighted by Gasteiger charge is 2.19. The fourth-order valence-electron chi connectivity index (χ4n) is 1.29. The molecule has 0 fully saturated rings. The molecule has 0 aliphatic rings. The SMILES string of the molecule is C=C(C)C(=O)OCC(C)(C)CO.C=C(C)C(=O)OCCCCCCO. The highest BCUT2D eigenvalue weighted by Crippen LogP contribution is 2.14. The molecule has 0 bridgehead atoms. The second-order valence-electron chi connectivity index (χ2n) is 6.73. The van der Waals surface area contributed by atoms with Crippen molar-refractivity contribution in [2.24, 2.45) is 5.41 Å². The molecule has 2 N–H and O–H groups in total. The van der Waals surface area contributed by atoms with Crippen LogP contribution in [0.15, 0.2) is 24.3 Å². The van der Waals surface area contributed by atoms with Crippen LogP contribution < -0.4 is 0 Å². The lowest BCUT2D eigenvalue weighted by molar-refractivity contribution is -0.142. The van der Waals surface area contributed by atoms with Crippen LogP contribution in [-0.2, 0) is 19.1 Å². The topological polar surface area (TPSA) is 93.1 Å². The van der Waals surface area contributed by atoms with Crippen LogP contribution in [0.5, 0.6) is 0 Å². The van der Waals surface area contributed by atoms with Crippen molar-refractivity contribution in [1.29, 1.82) is 0 Å². The Morgan fingerprint density at radius 3 is 1.80 bits per heavy atom. The fraction of sp³-hybridized carbons (Fsp3) is 0.684. The summed E-state index contributed by atoms with van der Waals surface area (Å²) in [4.78, 5) is 21.8. The van der Waals surface area contributed by atoms with Crippen LogP contribution >= 0.6 is 0 Å². The summed E-state index contributed by atoms with van der Waals surface area (Å²) in [5, 5.41) is 17.3. The highest BCUT2D eigenvalue weighted by molar-refractivity contribution is 5.87. The molecule has 0 aromatic heterocycles. The summed E-state index contributed by atoms with van der Waals surface area (Å²) >= 11 is 0. The fourth-order valence-corrected chi connectivity index (χ4v) is 1.29. The monoisotopic (exact) mass is 358 g/mol. The number of rotatable bonds is 11. The van der Waals surface area contributed by atoms with E-state index in [0.717, 1.165) is 25.7 Å². The lowest BCUT2D eigenvalue weighted by Crippen LogP contribution is -2.25. The second kappa shape index (κ2) is 14.7. The van der Waals surface area contributed by atoms with Gasteiger partial charge in [0.1, 0.15) is 0 Å². The molecular formula is C19H34O6. The molecule has 0 saturated carbocycles. The molecule has 0 heterocycles. The first-order valence-corrected chi connectivity index (χ1v) is 8.44. The van der Waals surface area contributed by atoms with Gasteiger partial charge in [-0.1, -0.05) is 33.4 Å². The van der Waals surface area contributed by atoms with Crippen molar-refractivity contribution in [1.82, 2.24) is 0 Å². The maximum atomic E-state index is 10.9. The van der Waals surface area contributed by atoms with Crippen molar-refractivity contribution in [3.8, 4) is 0 Å². The van der Waals surface area contributed by atoms with Crippen LogP contribution in [0.25, 0.3) is 0 Å². The molecular weight excluding hydrogens is 324 g/mol. The molecule has 6 nitrogen and oxygen atoms in total. The number of carbonyl (C=O) groups excluding carboxylic acids is 2. The van der Waals surface area contributed by atoms with E-state index in [4.69, 9.17) is 19.7 Å². The Balaban J connectivity index is 0. The summed E-state index contributed by atoms with van der Waals surface area (Å²) in [6.07, 6.45) is 3.67. The Morgan fingerprint density at radius 1 is 0.880 bits per heavy atom. The van der Waals surface area contributed by atoms with Crippen molar-refractivity contribution >= 4 is 11.9 Å². The van der Waals surface area contributed by atoms with Gasteiger partial charge in [0.25, 0.3) is 0 Å². The first kappa shape index (κ1) is 25.6. The van der Waals surface area contributed by atoms with Crippen molar-refractivity contribution in [2.75, 3.05) is 26.4 Å². The van der Waals surface area contributed by atoms with Crippen LogP contribution in [0, 0.1) is 5.41 Å². The van der Waals surface area contributed by atoms with Gasteiger partial charge < -0.3 is 19.7 Å². The summed E-state index contributed by atoms with van der Waals surface area (Å²) in [5.41, 5.74) is 0.449. The molecule has 146 valence electrons. The zero-order chi connectivity index (χ0) is 19.9. The molecule has 0 atom stereocenters. The quantitative estimate of drug-likeness (QED) is 0.335. The van der Waals surface area contributed by atoms with E-state index in [1.807, 2.05) is 13.8 Å². The van der Waals surface area contributed by atoms with Crippen molar-refractivity contribution in [3.63, 3.8) is 0 Å². The second-order valence-corrected chi connectivity index (χ2v) is 6.73. The summed E-state index contributed by atoms with van der Waals surface area (Å²) < 4.78 is 9.74. The number of ether oxygens (including phenoxy) is 2. The molecule has 0 saturated heterocycles. The molecule has 0 aromatic carbocycles. The third kappa shape index (κ3) is 17.0. The van der Waals surface area contributed by atoms with Gasteiger partial charge in [-0.15, -0.1) is 0 Å². The number of hydrogen-bond acceptors (Lipinski definition) is 6. The Bertz CT molecular complexity index is 426. The van der Waals surface area contributed by atoms with E-state index in [1.165, 1.54) is 0 Å². The van der Waals surface area contributed by atoms with Crippen molar-refractivity contribution in [2.45, 2.75) is 53.4 Å². The minimum atomic E-state index is -0.406. The number of unbranched alkanes of at least 4 members (excludes halogenated alkanes) is 3. The van der Waals surface area contributed by atoms with Gasteiger partial charge in [-0.05, 0) is 33.1 Å². The van der Waals surface area contributed by atoms with Crippen LogP contribution in [-0.4, -0.2) is 48.6 Å². The van der Waals surface area contributed by atoms with Gasteiger partial charge in [0.05, 0.1) is 19.8 Å². The maximum Gasteiger partial charge on any atom is 0.333 e. The number of esters is 2. The van der Waals surface area contributed by atoms with Gasteiger partial charge in [0, 0.05) is 23.2 Å². The molecule has 0 radical (unpaired) electrons. The van der Waals surface area contributed by atoms with Gasteiger partial charge in [0.2, 0.25) is 0 Å². The molecule has 0 rings (SSSR count). The third-order valence-corrected chi connectivity index (χ3v) is 3.00. The van der Waals surface area contributed by atoms with Crippen molar-refractivity contribution < 1.29 is 29.3 Å². The Labute approximate surface area is 151 Å². The first-order valence-electron chi connectivity index (χ1n) is 8.44. The minimum Gasteiger partial charge on any atom is -0.462 e. The van der Waals surface area contributed by atoms with E-state index < -0.39 is 5.97 Å². The predicted octanol–water partition coefficient (Wildman–Crippen LogP) is 2.78. The van der Waals surface area contributed by atoms with Gasteiger partial charge in [-0.25, -0.2) is 9.59 Å². The van der Waals surface area contributed by atoms with Crippen molar-refractivity contribution in [3.05, 3.63) is 24.3 Å². The Hall–Kier alpha value is -1.66. The lowest BCUT2D eigenvalue weighted by Gasteiger charge is -2.20. The number of aliphatic hydroxyl groups excluding tert-OH is 2. The molecule has 0 aliphatic carbocycles. The average Bonchev–Trinajstić information content (AvgIpc) is 2.56. The maximum absolute atomic E-state index is 10.9. The van der Waals surface area contributed by atoms with E-state index >= 15 is 0 Å². The van der Waals surface area contributed by atoms with Crippen LogP contribution in [0.3, 0.4) is 0 Å². The van der Waals surface area contributed by atoms with E-state index in [1.54, 1.807) is 13.8 Å². The molecule has 25 heavy (non-hydrogen) atoms. The van der Waals surface area contributed by atoms with Crippen LogP contribution in [0.2, 0.25) is 0 Å². The number of carbonyl (C=O) groups is 2. The predicted molar refractivity (Wildman–Crippen MR) is 98.0 cm³/mol. The summed E-state index contributed by atoms with van der Waals surface area (Å²) in [7, 11) is 0. The molecule has 0 unspecified atom stereocenters. The standard InChI is InChI=1S/C10H18O3.C9H16O3/c1-9(2)10(12)13-8-6-4-3-5-7-11;1-7(2)8(11)12-6-9(3,4)5-10/h11H,1,3-8H2,2H3;10H,1,5-6H2,2-4H3. The normalized spacial score (nSPS) is 10.3. The van der Waals surface area contributed by atoms with E-state index in [0.29, 0.717) is 17.8 Å². The molecule has 0 aromatic rings. The summed E-state index contributed by atoms with van der Waals surface area (Å²) in [6.45, 7) is 14.7. The first-order chi connectivity index (χ1) is 11.6. The summed E-state index contributed by atoms with van der Waals surface area (Å²) in [5.74, 6) is -0.723. The van der Waals surface area contributed by atoms with E-state index in [2.05, 4.69) is 13.2 Å². The zero-order valence-electron chi connectivity index (χ0n) is 16.1. The van der Waals surface area contributed by atoms with Crippen LogP contribution in [0.4, 0.5) is 0 Å². The van der Waals surface area contributed by atoms with Gasteiger partial charge in [0.15, 0.2) is 0 Å². The Kier molecular flexibility index (Phi) is 15.0. The average molecular weight is 358 g/mol. The van der Waals surface area contributed by atoms with Gasteiger partial charge >= 0.3 is 11.9 Å². The molecule has 0 amide bonds. The summed E-state index contributed by atoms with van der Waals surface area (Å²) in [6, 6.07) is 0. The smallest absolute Gasteiger partial charge is 0.333 e. The van der Waals surface area contributed by atoms with E-state index in [-0.39, 0.29) is 31.2 Å².